The van der Waals surface area contributed by atoms with E-state index in [1.54, 1.807) is 25.1 Å². The number of esters is 1. The van der Waals surface area contributed by atoms with Gasteiger partial charge in [0, 0.05) is 16.8 Å². The van der Waals surface area contributed by atoms with Crippen molar-refractivity contribution in [2.45, 2.75) is 46.3 Å². The molecular weight excluding hydrogens is 420 g/mol. The monoisotopic (exact) mass is 442 g/mol. The average molecular weight is 443 g/mol. The molecule has 0 saturated heterocycles. The highest BCUT2D eigenvalue weighted by atomic mass is 35.5. The van der Waals surface area contributed by atoms with Gasteiger partial charge in [-0.1, -0.05) is 24.6 Å². The van der Waals surface area contributed by atoms with E-state index in [0.29, 0.717) is 17.1 Å². The number of aryl methyl sites for hydroxylation is 1. The Bertz CT molecular complexity index is 1080. The second-order valence-corrected chi connectivity index (χ2v) is 7.91. The van der Waals surface area contributed by atoms with Gasteiger partial charge in [-0.05, 0) is 63.1 Å². The Labute approximate surface area is 185 Å². The van der Waals surface area contributed by atoms with Crippen molar-refractivity contribution < 1.29 is 23.9 Å². The molecular formula is C23H23ClN2O5. The van der Waals surface area contributed by atoms with Gasteiger partial charge >= 0.3 is 5.97 Å². The van der Waals surface area contributed by atoms with Gasteiger partial charge in [0.05, 0.1) is 16.7 Å². The predicted molar refractivity (Wildman–Crippen MR) is 116 cm³/mol. The first-order chi connectivity index (χ1) is 14.6. The largest absolute Gasteiger partial charge is 0.449 e. The number of nitrogens with one attached hydrogen (secondary N) is 1. The third-order valence-corrected chi connectivity index (χ3v) is 5.68. The van der Waals surface area contributed by atoms with Crippen LogP contribution in [0.25, 0.3) is 0 Å². The van der Waals surface area contributed by atoms with Crippen LogP contribution in [0.15, 0.2) is 36.4 Å². The van der Waals surface area contributed by atoms with Crippen LogP contribution in [-0.4, -0.2) is 40.7 Å². The number of carbonyl (C=O) groups excluding carboxylic acids is 4. The Hall–Kier alpha value is -3.19. The zero-order valence-electron chi connectivity index (χ0n) is 17.7. The number of hydrogen-bond acceptors (Lipinski definition) is 5. The number of carbonyl (C=O) groups is 4. The van der Waals surface area contributed by atoms with Crippen molar-refractivity contribution in [3.05, 3.63) is 63.7 Å². The van der Waals surface area contributed by atoms with Crippen LogP contribution >= 0.6 is 11.6 Å². The summed E-state index contributed by atoms with van der Waals surface area (Å²) in [5.74, 6) is -2.11. The lowest BCUT2D eigenvalue weighted by Crippen LogP contribution is -2.37. The second-order valence-electron chi connectivity index (χ2n) is 7.50. The van der Waals surface area contributed by atoms with Gasteiger partial charge in [-0.15, -0.1) is 0 Å². The maximum absolute atomic E-state index is 12.6. The molecule has 7 nitrogen and oxygen atoms in total. The first kappa shape index (κ1) is 22.5. The topological polar surface area (TPSA) is 92.8 Å². The fourth-order valence-electron chi connectivity index (χ4n) is 3.17. The van der Waals surface area contributed by atoms with Crippen LogP contribution in [-0.2, 0) is 9.53 Å². The van der Waals surface area contributed by atoms with Crippen molar-refractivity contribution in [3.8, 4) is 0 Å². The highest BCUT2D eigenvalue weighted by Gasteiger charge is 2.38. The quantitative estimate of drug-likeness (QED) is 0.534. The van der Waals surface area contributed by atoms with E-state index in [4.69, 9.17) is 16.3 Å². The fraction of sp³-hybridized carbons (Fsp3) is 0.304. The van der Waals surface area contributed by atoms with Crippen LogP contribution < -0.4 is 5.32 Å². The van der Waals surface area contributed by atoms with E-state index in [9.17, 15) is 19.2 Å². The van der Waals surface area contributed by atoms with Crippen LogP contribution in [0, 0.1) is 6.92 Å². The van der Waals surface area contributed by atoms with Gasteiger partial charge in [0.2, 0.25) is 0 Å². The van der Waals surface area contributed by atoms with Crippen LogP contribution in [0.3, 0.4) is 0 Å². The van der Waals surface area contributed by atoms with Gasteiger partial charge in [-0.25, -0.2) is 4.79 Å². The molecule has 0 bridgehead atoms. The summed E-state index contributed by atoms with van der Waals surface area (Å²) in [5, 5.41) is 3.15. The Kier molecular flexibility index (Phi) is 6.45. The van der Waals surface area contributed by atoms with E-state index in [2.05, 4.69) is 5.32 Å². The third kappa shape index (κ3) is 4.46. The maximum atomic E-state index is 12.6. The highest BCUT2D eigenvalue weighted by molar-refractivity contribution is 6.31. The molecule has 31 heavy (non-hydrogen) atoms. The highest BCUT2D eigenvalue weighted by Crippen LogP contribution is 2.27. The van der Waals surface area contributed by atoms with Crippen molar-refractivity contribution >= 4 is 41.0 Å². The molecule has 8 heteroatoms. The molecule has 2 aromatic rings. The third-order valence-electron chi connectivity index (χ3n) is 5.28. The molecule has 1 N–H and O–H groups in total. The van der Waals surface area contributed by atoms with Crippen molar-refractivity contribution in [1.29, 1.82) is 0 Å². The van der Waals surface area contributed by atoms with E-state index < -0.39 is 23.9 Å². The fourth-order valence-corrected chi connectivity index (χ4v) is 3.35. The normalized spacial score (nSPS) is 14.8. The predicted octanol–water partition coefficient (Wildman–Crippen LogP) is 4.23. The van der Waals surface area contributed by atoms with Crippen LogP contribution in [0.4, 0.5) is 5.69 Å². The Balaban J connectivity index is 1.71. The lowest BCUT2D eigenvalue weighted by molar-refractivity contribution is -0.123. The van der Waals surface area contributed by atoms with Gasteiger partial charge in [-0.3, -0.25) is 19.3 Å². The number of halogens is 1. The number of hydrogen-bond donors (Lipinski definition) is 1. The van der Waals surface area contributed by atoms with Crippen molar-refractivity contribution in [2.24, 2.45) is 0 Å². The van der Waals surface area contributed by atoms with Gasteiger partial charge in [0.1, 0.15) is 0 Å². The summed E-state index contributed by atoms with van der Waals surface area (Å²) in [6, 6.07) is 9.01. The minimum Gasteiger partial charge on any atom is -0.449 e. The molecule has 3 rings (SSSR count). The van der Waals surface area contributed by atoms with E-state index in [-0.39, 0.29) is 28.6 Å². The summed E-state index contributed by atoms with van der Waals surface area (Å²) >= 11 is 6.06. The molecule has 1 aliphatic rings. The molecule has 1 heterocycles. The minimum atomic E-state index is -1.09. The summed E-state index contributed by atoms with van der Waals surface area (Å²) in [6.45, 7) is 6.96. The molecule has 2 aromatic carbocycles. The standard InChI is InChI=1S/C23H23ClN2O5/c1-5-13(3)26-21(28)17-9-7-15(10-18(17)22(26)29)23(30)31-14(4)20(27)25-16-8-6-12(2)19(24)11-16/h6-11,13-14H,5H2,1-4H3,(H,25,27). The van der Waals surface area contributed by atoms with Gasteiger partial charge in [0.25, 0.3) is 17.7 Å². The van der Waals surface area contributed by atoms with E-state index in [1.807, 2.05) is 13.8 Å². The molecule has 2 unspecified atom stereocenters. The molecule has 1 aliphatic heterocycles. The molecule has 0 saturated carbocycles. The van der Waals surface area contributed by atoms with Crippen molar-refractivity contribution in [1.82, 2.24) is 4.90 Å². The number of imide groups is 1. The van der Waals surface area contributed by atoms with Crippen molar-refractivity contribution in [2.75, 3.05) is 5.32 Å². The Morgan fingerprint density at radius 3 is 2.39 bits per heavy atom. The van der Waals surface area contributed by atoms with E-state index >= 15 is 0 Å². The molecule has 0 fully saturated rings. The number of rotatable bonds is 6. The molecule has 0 aromatic heterocycles. The summed E-state index contributed by atoms with van der Waals surface area (Å²) in [5.41, 5.74) is 1.85. The number of benzene rings is 2. The second kappa shape index (κ2) is 8.89. The first-order valence-corrected chi connectivity index (χ1v) is 10.3. The van der Waals surface area contributed by atoms with Crippen LogP contribution in [0.1, 0.15) is 63.8 Å². The lowest BCUT2D eigenvalue weighted by Gasteiger charge is -2.20. The summed E-state index contributed by atoms with van der Waals surface area (Å²) in [4.78, 5) is 51.3. The molecule has 3 amide bonds. The lowest BCUT2D eigenvalue weighted by atomic mass is 10.1. The molecule has 162 valence electrons. The number of fused-ring (bicyclic) bond motifs is 1. The van der Waals surface area contributed by atoms with Gasteiger partial charge < -0.3 is 10.1 Å². The van der Waals surface area contributed by atoms with Crippen LogP contribution in [0.5, 0.6) is 0 Å². The zero-order valence-corrected chi connectivity index (χ0v) is 18.4. The zero-order chi connectivity index (χ0) is 22.9. The number of nitrogens with zero attached hydrogens (tertiary/aromatic N) is 1. The minimum absolute atomic E-state index is 0.0870. The molecule has 2 atom stereocenters. The summed E-state index contributed by atoms with van der Waals surface area (Å²) in [6.07, 6.45) is -0.464. The molecule has 0 aliphatic carbocycles. The Morgan fingerprint density at radius 1 is 1.06 bits per heavy atom. The first-order valence-electron chi connectivity index (χ1n) is 9.94. The van der Waals surface area contributed by atoms with E-state index in [1.165, 1.54) is 30.0 Å². The summed E-state index contributed by atoms with van der Waals surface area (Å²) < 4.78 is 5.25. The molecule has 0 spiro atoms. The Morgan fingerprint density at radius 2 is 1.74 bits per heavy atom. The van der Waals surface area contributed by atoms with Crippen LogP contribution in [0.2, 0.25) is 5.02 Å². The van der Waals surface area contributed by atoms with Crippen molar-refractivity contribution in [3.63, 3.8) is 0 Å². The number of ether oxygens (including phenoxy) is 1. The number of amides is 3. The van der Waals surface area contributed by atoms with E-state index in [0.717, 1.165) is 5.56 Å². The molecule has 0 radical (unpaired) electrons. The smallest absolute Gasteiger partial charge is 0.338 e. The SMILES string of the molecule is CCC(C)N1C(=O)c2ccc(C(=O)OC(C)C(=O)Nc3ccc(C)c(Cl)c3)cc2C1=O. The van der Waals surface area contributed by atoms with Gasteiger partial charge in [-0.2, -0.15) is 0 Å². The summed E-state index contributed by atoms with van der Waals surface area (Å²) in [7, 11) is 0. The number of anilines is 1. The maximum Gasteiger partial charge on any atom is 0.338 e. The van der Waals surface area contributed by atoms with Gasteiger partial charge in [0.15, 0.2) is 6.10 Å². The average Bonchev–Trinajstić information content (AvgIpc) is 2.99.